The smallest absolute Gasteiger partial charge is 0.227 e. The Morgan fingerprint density at radius 1 is 1.31 bits per heavy atom. The van der Waals surface area contributed by atoms with Gasteiger partial charge in [0, 0.05) is 19.4 Å². The van der Waals surface area contributed by atoms with Crippen LogP contribution in [0.1, 0.15) is 46.0 Å². The molecule has 0 unspecified atom stereocenters. The van der Waals surface area contributed by atoms with Crippen LogP contribution in [0.15, 0.2) is 12.7 Å². The molecule has 4 nitrogen and oxygen atoms in total. The molecular formula is C12H23NO3. The SMILES string of the molecule is C=CC.CCCCCO.O=C1CCC(=O)N1. The molecule has 0 bridgehead atoms. The molecule has 4 heteroatoms. The highest BCUT2D eigenvalue weighted by molar-refractivity contribution is 6.01. The highest BCUT2D eigenvalue weighted by Crippen LogP contribution is 1.95. The highest BCUT2D eigenvalue weighted by atomic mass is 16.3. The van der Waals surface area contributed by atoms with Crippen LogP contribution in [0.5, 0.6) is 0 Å². The Morgan fingerprint density at radius 2 is 1.75 bits per heavy atom. The number of unbranched alkanes of at least 4 members (excludes halogenated alkanes) is 2. The van der Waals surface area contributed by atoms with Crippen LogP contribution in [-0.4, -0.2) is 23.5 Å². The Bertz CT molecular complexity index is 184. The zero-order valence-electron chi connectivity index (χ0n) is 10.3. The first-order valence-corrected chi connectivity index (χ1v) is 5.62. The Kier molecular flexibility index (Phi) is 14.9. The molecule has 0 aromatic carbocycles. The summed E-state index contributed by atoms with van der Waals surface area (Å²) in [7, 11) is 0. The number of aliphatic hydroxyl groups is 1. The van der Waals surface area contributed by atoms with E-state index >= 15 is 0 Å². The molecule has 0 spiro atoms. The maximum absolute atomic E-state index is 10.1. The number of aliphatic hydroxyl groups excluding tert-OH is 1. The van der Waals surface area contributed by atoms with Crippen LogP contribution in [0.4, 0.5) is 0 Å². The van der Waals surface area contributed by atoms with E-state index in [1.807, 2.05) is 6.92 Å². The molecule has 1 saturated heterocycles. The Hall–Kier alpha value is -1.16. The molecule has 1 fully saturated rings. The lowest BCUT2D eigenvalue weighted by atomic mass is 10.3. The van der Waals surface area contributed by atoms with E-state index in [1.165, 1.54) is 6.42 Å². The molecule has 1 aliphatic heterocycles. The van der Waals surface area contributed by atoms with E-state index in [2.05, 4.69) is 18.8 Å². The first kappa shape index (κ1) is 17.2. The molecule has 1 rings (SSSR count). The van der Waals surface area contributed by atoms with Gasteiger partial charge in [-0.1, -0.05) is 25.8 Å². The van der Waals surface area contributed by atoms with Crippen molar-refractivity contribution in [3.63, 3.8) is 0 Å². The van der Waals surface area contributed by atoms with Crippen molar-refractivity contribution in [3.05, 3.63) is 12.7 Å². The Morgan fingerprint density at radius 3 is 1.88 bits per heavy atom. The third kappa shape index (κ3) is 15.3. The summed E-state index contributed by atoms with van der Waals surface area (Å²) >= 11 is 0. The van der Waals surface area contributed by atoms with Crippen LogP contribution >= 0.6 is 0 Å². The number of allylic oxidation sites excluding steroid dienone is 1. The van der Waals surface area contributed by atoms with Crippen molar-refractivity contribution in [2.24, 2.45) is 0 Å². The van der Waals surface area contributed by atoms with Crippen LogP contribution in [-0.2, 0) is 9.59 Å². The van der Waals surface area contributed by atoms with Crippen LogP contribution in [0, 0.1) is 0 Å². The van der Waals surface area contributed by atoms with E-state index in [0.29, 0.717) is 19.4 Å². The number of carbonyl (C=O) groups is 2. The molecule has 0 saturated carbocycles. The van der Waals surface area contributed by atoms with Crippen LogP contribution in [0.25, 0.3) is 0 Å². The summed E-state index contributed by atoms with van der Waals surface area (Å²) < 4.78 is 0. The number of hydrogen-bond acceptors (Lipinski definition) is 3. The summed E-state index contributed by atoms with van der Waals surface area (Å²) in [6.45, 7) is 7.73. The van der Waals surface area contributed by atoms with Crippen LogP contribution in [0.2, 0.25) is 0 Å². The number of amides is 2. The maximum Gasteiger partial charge on any atom is 0.227 e. The van der Waals surface area contributed by atoms with Gasteiger partial charge in [0.1, 0.15) is 0 Å². The van der Waals surface area contributed by atoms with Crippen molar-refractivity contribution in [2.45, 2.75) is 46.0 Å². The van der Waals surface area contributed by atoms with Crippen LogP contribution < -0.4 is 5.32 Å². The van der Waals surface area contributed by atoms with E-state index < -0.39 is 0 Å². The van der Waals surface area contributed by atoms with Gasteiger partial charge in [0.25, 0.3) is 0 Å². The molecular weight excluding hydrogens is 206 g/mol. The fraction of sp³-hybridized carbons (Fsp3) is 0.667. The molecule has 0 atom stereocenters. The van der Waals surface area contributed by atoms with Gasteiger partial charge in [-0.05, 0) is 13.3 Å². The molecule has 1 heterocycles. The van der Waals surface area contributed by atoms with Crippen LogP contribution in [0.3, 0.4) is 0 Å². The fourth-order valence-corrected chi connectivity index (χ4v) is 0.869. The topological polar surface area (TPSA) is 66.4 Å². The van der Waals surface area contributed by atoms with E-state index in [9.17, 15) is 9.59 Å². The first-order chi connectivity index (χ1) is 7.62. The zero-order valence-corrected chi connectivity index (χ0v) is 10.3. The molecule has 16 heavy (non-hydrogen) atoms. The monoisotopic (exact) mass is 229 g/mol. The second-order valence-corrected chi connectivity index (χ2v) is 3.31. The summed E-state index contributed by atoms with van der Waals surface area (Å²) in [6, 6.07) is 0. The molecule has 2 amide bonds. The molecule has 2 N–H and O–H groups in total. The standard InChI is InChI=1S/C5H12O.C4H5NO2.C3H6/c1-2-3-4-5-6;6-3-1-2-4(7)5-3;1-3-2/h6H,2-5H2,1H3;1-2H2,(H,5,6,7);3H,1H2,2H3. The summed E-state index contributed by atoms with van der Waals surface area (Å²) in [5.74, 6) is -0.296. The van der Waals surface area contributed by atoms with E-state index in [1.54, 1.807) is 6.08 Å². The van der Waals surface area contributed by atoms with Crippen molar-refractivity contribution >= 4 is 11.8 Å². The third-order valence-corrected chi connectivity index (χ3v) is 1.62. The number of nitrogens with one attached hydrogen (secondary N) is 1. The van der Waals surface area contributed by atoms with Gasteiger partial charge in [-0.3, -0.25) is 14.9 Å². The zero-order chi connectivity index (χ0) is 12.8. The average Bonchev–Trinajstić information content (AvgIpc) is 2.61. The maximum atomic E-state index is 10.1. The Balaban J connectivity index is 0. The van der Waals surface area contributed by atoms with E-state index in [4.69, 9.17) is 5.11 Å². The Labute approximate surface area is 97.7 Å². The molecule has 0 aliphatic carbocycles. The van der Waals surface area contributed by atoms with E-state index in [-0.39, 0.29) is 11.8 Å². The second kappa shape index (κ2) is 13.8. The molecule has 1 aliphatic rings. The summed E-state index contributed by atoms with van der Waals surface area (Å²) in [4.78, 5) is 20.2. The van der Waals surface area contributed by atoms with Gasteiger partial charge >= 0.3 is 0 Å². The predicted octanol–water partition coefficient (Wildman–Crippen LogP) is 1.78. The van der Waals surface area contributed by atoms with Crippen molar-refractivity contribution in [1.82, 2.24) is 5.32 Å². The summed E-state index contributed by atoms with van der Waals surface area (Å²) in [5, 5.41) is 10.3. The van der Waals surface area contributed by atoms with Gasteiger partial charge in [-0.2, -0.15) is 0 Å². The van der Waals surface area contributed by atoms with Crippen molar-refractivity contribution in [2.75, 3.05) is 6.61 Å². The molecule has 0 aromatic heterocycles. The second-order valence-electron chi connectivity index (χ2n) is 3.31. The lowest BCUT2D eigenvalue weighted by molar-refractivity contribution is -0.124. The number of carbonyl (C=O) groups excluding carboxylic acids is 2. The van der Waals surface area contributed by atoms with E-state index in [0.717, 1.165) is 12.8 Å². The van der Waals surface area contributed by atoms with Gasteiger partial charge in [-0.15, -0.1) is 6.58 Å². The molecule has 0 aromatic rings. The minimum atomic E-state index is -0.148. The molecule has 94 valence electrons. The predicted molar refractivity (Wildman–Crippen MR) is 64.9 cm³/mol. The van der Waals surface area contributed by atoms with Gasteiger partial charge in [0.2, 0.25) is 11.8 Å². The normalized spacial score (nSPS) is 12.9. The van der Waals surface area contributed by atoms with Gasteiger partial charge in [0.05, 0.1) is 0 Å². The third-order valence-electron chi connectivity index (χ3n) is 1.62. The van der Waals surface area contributed by atoms with Crippen molar-refractivity contribution in [3.8, 4) is 0 Å². The fourth-order valence-electron chi connectivity index (χ4n) is 0.869. The number of hydrogen-bond donors (Lipinski definition) is 2. The lowest BCUT2D eigenvalue weighted by Gasteiger charge is -1.85. The summed E-state index contributed by atoms with van der Waals surface area (Å²) in [5.41, 5.74) is 0. The van der Waals surface area contributed by atoms with Gasteiger partial charge < -0.3 is 5.11 Å². The van der Waals surface area contributed by atoms with Crippen molar-refractivity contribution < 1.29 is 14.7 Å². The lowest BCUT2D eigenvalue weighted by Crippen LogP contribution is -2.18. The number of rotatable bonds is 3. The van der Waals surface area contributed by atoms with Gasteiger partial charge in [0.15, 0.2) is 0 Å². The highest BCUT2D eigenvalue weighted by Gasteiger charge is 2.15. The van der Waals surface area contributed by atoms with Gasteiger partial charge in [-0.25, -0.2) is 0 Å². The largest absolute Gasteiger partial charge is 0.396 e. The summed E-state index contributed by atoms with van der Waals surface area (Å²) in [6.07, 6.45) is 5.82. The average molecular weight is 229 g/mol. The first-order valence-electron chi connectivity index (χ1n) is 5.62. The minimum absolute atomic E-state index is 0.148. The quantitative estimate of drug-likeness (QED) is 0.440. The van der Waals surface area contributed by atoms with Crippen molar-refractivity contribution in [1.29, 1.82) is 0 Å². The molecule has 0 radical (unpaired) electrons. The number of imide groups is 1. The minimum Gasteiger partial charge on any atom is -0.396 e.